The van der Waals surface area contributed by atoms with Crippen LogP contribution in [0.1, 0.15) is 49.8 Å². The van der Waals surface area contributed by atoms with Crippen LogP contribution in [-0.2, 0) is 0 Å². The second-order valence-electron chi connectivity index (χ2n) is 4.33. The van der Waals surface area contributed by atoms with Gasteiger partial charge >= 0.3 is 0 Å². The molecule has 0 amide bonds. The summed E-state index contributed by atoms with van der Waals surface area (Å²) >= 11 is 0. The summed E-state index contributed by atoms with van der Waals surface area (Å²) < 4.78 is 13.8. The minimum absolute atomic E-state index is 0.0622. The minimum atomic E-state index is -0.0622. The maximum atomic E-state index is 13.8. The summed E-state index contributed by atoms with van der Waals surface area (Å²) in [5, 5.41) is 3.23. The van der Waals surface area contributed by atoms with E-state index in [1.807, 2.05) is 19.9 Å². The summed E-state index contributed by atoms with van der Waals surface area (Å²) in [6, 6.07) is 5.81. The molecule has 1 N–H and O–H groups in total. The monoisotopic (exact) mass is 207 g/mol. The Bertz CT molecular complexity index is 344. The van der Waals surface area contributed by atoms with E-state index in [9.17, 15) is 4.39 Å². The Balaban J connectivity index is 2.17. The summed E-state index contributed by atoms with van der Waals surface area (Å²) in [5.74, 6) is 0.566. The topological polar surface area (TPSA) is 12.0 Å². The standard InChI is InChI=1S/C13H18FN/c1-3-15-9(2)12-7-6-11(8-13(12)14)10-4-5-10/h6-10,15H,3-5H2,1-2H3. The second kappa shape index (κ2) is 4.31. The Hall–Kier alpha value is -0.890. The average molecular weight is 207 g/mol. The van der Waals surface area contributed by atoms with Crippen LogP contribution in [0.5, 0.6) is 0 Å². The van der Waals surface area contributed by atoms with Gasteiger partial charge in [-0.3, -0.25) is 0 Å². The van der Waals surface area contributed by atoms with Crippen molar-refractivity contribution in [2.75, 3.05) is 6.54 Å². The lowest BCUT2D eigenvalue weighted by atomic mass is 10.0. The fourth-order valence-electron chi connectivity index (χ4n) is 1.98. The summed E-state index contributed by atoms with van der Waals surface area (Å²) in [7, 11) is 0. The van der Waals surface area contributed by atoms with Crippen LogP contribution in [0.4, 0.5) is 4.39 Å². The van der Waals surface area contributed by atoms with Crippen LogP contribution < -0.4 is 5.32 Å². The van der Waals surface area contributed by atoms with E-state index in [0.29, 0.717) is 5.92 Å². The van der Waals surface area contributed by atoms with Crippen LogP contribution in [0, 0.1) is 5.82 Å². The number of hydrogen-bond acceptors (Lipinski definition) is 1. The third-order valence-corrected chi connectivity index (χ3v) is 3.05. The third kappa shape index (κ3) is 2.37. The zero-order chi connectivity index (χ0) is 10.8. The lowest BCUT2D eigenvalue weighted by Crippen LogP contribution is -2.18. The van der Waals surface area contributed by atoms with Crippen LogP contribution >= 0.6 is 0 Å². The lowest BCUT2D eigenvalue weighted by molar-refractivity contribution is 0.540. The van der Waals surface area contributed by atoms with Gasteiger partial charge in [0, 0.05) is 11.6 Å². The summed E-state index contributed by atoms with van der Waals surface area (Å²) in [6.45, 7) is 4.90. The molecule has 1 aliphatic rings. The number of rotatable bonds is 4. The van der Waals surface area contributed by atoms with E-state index >= 15 is 0 Å². The van der Waals surface area contributed by atoms with E-state index in [4.69, 9.17) is 0 Å². The maximum Gasteiger partial charge on any atom is 0.128 e. The first-order valence-corrected chi connectivity index (χ1v) is 5.75. The molecule has 0 saturated heterocycles. The molecule has 1 saturated carbocycles. The van der Waals surface area contributed by atoms with Crippen molar-refractivity contribution >= 4 is 0 Å². The van der Waals surface area contributed by atoms with Gasteiger partial charge in [0.1, 0.15) is 5.82 Å². The van der Waals surface area contributed by atoms with Crippen molar-refractivity contribution in [2.45, 2.75) is 38.6 Å². The van der Waals surface area contributed by atoms with Gasteiger partial charge in [0.05, 0.1) is 0 Å². The van der Waals surface area contributed by atoms with Crippen molar-refractivity contribution in [2.24, 2.45) is 0 Å². The zero-order valence-corrected chi connectivity index (χ0v) is 9.39. The summed E-state index contributed by atoms with van der Waals surface area (Å²) in [4.78, 5) is 0. The van der Waals surface area contributed by atoms with Crippen LogP contribution in [0.3, 0.4) is 0 Å². The molecular weight excluding hydrogens is 189 g/mol. The van der Waals surface area contributed by atoms with Crippen LogP contribution in [0.25, 0.3) is 0 Å². The van der Waals surface area contributed by atoms with Gasteiger partial charge < -0.3 is 5.32 Å². The third-order valence-electron chi connectivity index (χ3n) is 3.05. The number of benzene rings is 1. The van der Waals surface area contributed by atoms with Crippen molar-refractivity contribution in [3.05, 3.63) is 35.1 Å². The Labute approximate surface area is 90.7 Å². The van der Waals surface area contributed by atoms with Gasteiger partial charge in [-0.1, -0.05) is 19.1 Å². The molecule has 0 spiro atoms. The molecule has 1 aromatic rings. The van der Waals surface area contributed by atoms with Gasteiger partial charge in [0.15, 0.2) is 0 Å². The number of nitrogens with one attached hydrogen (secondary N) is 1. The molecule has 82 valence electrons. The van der Waals surface area contributed by atoms with Gasteiger partial charge in [-0.05, 0) is 43.9 Å². The molecule has 1 aromatic carbocycles. The Morgan fingerprint density at radius 2 is 2.20 bits per heavy atom. The molecule has 1 fully saturated rings. The van der Waals surface area contributed by atoms with Crippen LogP contribution in [0.2, 0.25) is 0 Å². The van der Waals surface area contributed by atoms with Crippen molar-refractivity contribution in [3.63, 3.8) is 0 Å². The van der Waals surface area contributed by atoms with Gasteiger partial charge in [-0.25, -0.2) is 4.39 Å². The van der Waals surface area contributed by atoms with Gasteiger partial charge in [-0.2, -0.15) is 0 Å². The maximum absolute atomic E-state index is 13.8. The highest BCUT2D eigenvalue weighted by Crippen LogP contribution is 2.40. The zero-order valence-electron chi connectivity index (χ0n) is 9.39. The molecule has 2 heteroatoms. The molecule has 15 heavy (non-hydrogen) atoms. The predicted octanol–water partition coefficient (Wildman–Crippen LogP) is 3.37. The van der Waals surface area contributed by atoms with Gasteiger partial charge in [0.2, 0.25) is 0 Å². The molecule has 0 aliphatic heterocycles. The predicted molar refractivity (Wildman–Crippen MR) is 60.5 cm³/mol. The number of hydrogen-bond donors (Lipinski definition) is 1. The molecule has 1 nitrogen and oxygen atoms in total. The van der Waals surface area contributed by atoms with Crippen LogP contribution in [0.15, 0.2) is 18.2 Å². The molecule has 0 aromatic heterocycles. The van der Waals surface area contributed by atoms with Gasteiger partial charge in [0.25, 0.3) is 0 Å². The Kier molecular flexibility index (Phi) is 3.06. The Morgan fingerprint density at radius 1 is 1.47 bits per heavy atom. The molecule has 1 atom stereocenters. The highest BCUT2D eigenvalue weighted by Gasteiger charge is 2.24. The van der Waals surface area contributed by atoms with Crippen LogP contribution in [-0.4, -0.2) is 6.54 Å². The largest absolute Gasteiger partial charge is 0.310 e. The van der Waals surface area contributed by atoms with Crippen molar-refractivity contribution in [1.29, 1.82) is 0 Å². The molecule has 0 heterocycles. The van der Waals surface area contributed by atoms with E-state index in [1.54, 1.807) is 6.07 Å². The summed E-state index contributed by atoms with van der Waals surface area (Å²) in [6.07, 6.45) is 2.45. The van der Waals surface area contributed by atoms with Crippen molar-refractivity contribution in [3.8, 4) is 0 Å². The summed E-state index contributed by atoms with van der Waals surface area (Å²) in [5.41, 5.74) is 1.95. The number of halogens is 1. The van der Waals surface area contributed by atoms with Crippen molar-refractivity contribution < 1.29 is 4.39 Å². The van der Waals surface area contributed by atoms with E-state index in [-0.39, 0.29) is 11.9 Å². The molecule has 2 rings (SSSR count). The molecular formula is C13H18FN. The van der Waals surface area contributed by atoms with E-state index in [1.165, 1.54) is 18.4 Å². The second-order valence-corrected chi connectivity index (χ2v) is 4.33. The fraction of sp³-hybridized carbons (Fsp3) is 0.538. The molecule has 1 unspecified atom stereocenters. The first-order chi connectivity index (χ1) is 7.22. The normalized spacial score (nSPS) is 17.8. The quantitative estimate of drug-likeness (QED) is 0.798. The highest BCUT2D eigenvalue weighted by molar-refractivity contribution is 5.30. The van der Waals surface area contributed by atoms with E-state index < -0.39 is 0 Å². The minimum Gasteiger partial charge on any atom is -0.310 e. The fourth-order valence-corrected chi connectivity index (χ4v) is 1.98. The average Bonchev–Trinajstić information content (AvgIpc) is 3.01. The van der Waals surface area contributed by atoms with E-state index in [0.717, 1.165) is 12.1 Å². The smallest absolute Gasteiger partial charge is 0.128 e. The molecule has 0 radical (unpaired) electrons. The van der Waals surface area contributed by atoms with E-state index in [2.05, 4.69) is 11.4 Å². The van der Waals surface area contributed by atoms with Gasteiger partial charge in [-0.15, -0.1) is 0 Å². The molecule has 0 bridgehead atoms. The molecule has 1 aliphatic carbocycles. The Morgan fingerprint density at radius 3 is 2.73 bits per heavy atom. The van der Waals surface area contributed by atoms with Crippen molar-refractivity contribution in [1.82, 2.24) is 5.32 Å². The SMILES string of the molecule is CCNC(C)c1ccc(C2CC2)cc1F. The first-order valence-electron chi connectivity index (χ1n) is 5.75. The highest BCUT2D eigenvalue weighted by atomic mass is 19.1. The lowest BCUT2D eigenvalue weighted by Gasteiger charge is -2.14. The first kappa shape index (κ1) is 10.6.